The van der Waals surface area contributed by atoms with E-state index in [2.05, 4.69) is 30.3 Å². The van der Waals surface area contributed by atoms with Crippen molar-refractivity contribution in [2.75, 3.05) is 0 Å². The number of benzene rings is 3. The van der Waals surface area contributed by atoms with E-state index in [9.17, 15) is 14.7 Å². The molecule has 1 aromatic heterocycles. The number of carbonyl (C=O) groups excluding carboxylic acids is 2. The molecule has 5 nitrogen and oxygen atoms in total. The van der Waals surface area contributed by atoms with Crippen LogP contribution in [0.2, 0.25) is 0 Å². The number of aryl methyl sites for hydroxylation is 3. The number of phenols is 1. The van der Waals surface area contributed by atoms with Crippen LogP contribution in [0.1, 0.15) is 52.1 Å². The van der Waals surface area contributed by atoms with Gasteiger partial charge in [0.2, 0.25) is 5.91 Å². The van der Waals surface area contributed by atoms with Crippen molar-refractivity contribution >= 4 is 67.8 Å². The van der Waals surface area contributed by atoms with Gasteiger partial charge in [-0.05, 0) is 100 Å². The monoisotopic (exact) mass is 693 g/mol. The van der Waals surface area contributed by atoms with Crippen LogP contribution in [-0.4, -0.2) is 16.8 Å². The van der Waals surface area contributed by atoms with E-state index in [0.29, 0.717) is 42.5 Å². The summed E-state index contributed by atoms with van der Waals surface area (Å²) in [6, 6.07) is 19.8. The summed E-state index contributed by atoms with van der Waals surface area (Å²) in [5.41, 5.74) is 9.45. The molecule has 0 radical (unpaired) electrons. The highest BCUT2D eigenvalue weighted by molar-refractivity contribution is 14.1. The molecule has 4 aromatic rings. The third kappa shape index (κ3) is 6.24. The zero-order chi connectivity index (χ0) is 24.9. The predicted molar refractivity (Wildman–Crippen MR) is 154 cm³/mol. The lowest BCUT2D eigenvalue weighted by atomic mass is 9.97. The zero-order valence-corrected chi connectivity index (χ0v) is 23.3. The molecule has 3 aromatic carbocycles. The molecule has 35 heavy (non-hydrogen) atoms. The summed E-state index contributed by atoms with van der Waals surface area (Å²) in [7, 11) is 0. The van der Waals surface area contributed by atoms with Crippen LogP contribution in [0.3, 0.4) is 0 Å². The molecule has 0 saturated carbocycles. The van der Waals surface area contributed by atoms with Crippen LogP contribution in [0.25, 0.3) is 11.0 Å². The Morgan fingerprint density at radius 2 is 1.54 bits per heavy atom. The van der Waals surface area contributed by atoms with Gasteiger partial charge in [-0.3, -0.25) is 9.59 Å². The maximum Gasteiger partial charge on any atom is 0.217 e. The largest absolute Gasteiger partial charge is 0.506 e. The summed E-state index contributed by atoms with van der Waals surface area (Å²) in [5, 5.41) is 10.9. The second-order valence-electron chi connectivity index (χ2n) is 8.51. The Labute approximate surface area is 231 Å². The highest BCUT2D eigenvalue weighted by atomic mass is 127. The van der Waals surface area contributed by atoms with E-state index >= 15 is 0 Å². The first-order valence-electron chi connectivity index (χ1n) is 11.4. The minimum absolute atomic E-state index is 0.162. The number of ketones is 1. The number of fused-ring (bicyclic) bond motifs is 1. The molecule has 1 amide bonds. The first-order chi connectivity index (χ1) is 16.8. The number of rotatable bonds is 10. The first kappa shape index (κ1) is 25.7. The van der Waals surface area contributed by atoms with Gasteiger partial charge in [-0.15, -0.1) is 0 Å². The number of carbonyl (C=O) groups is 2. The SMILES string of the molecule is NC(=O)CCCc1oc2cc(CCCc3ccccc3)ccc2c1C(=O)c1cc(I)c(O)c(I)c1. The van der Waals surface area contributed by atoms with Crippen molar-refractivity contribution in [2.24, 2.45) is 5.73 Å². The zero-order valence-electron chi connectivity index (χ0n) is 19.0. The van der Waals surface area contributed by atoms with Gasteiger partial charge in [0.1, 0.15) is 17.1 Å². The number of hydrogen-bond donors (Lipinski definition) is 2. The molecule has 0 bridgehead atoms. The number of aromatic hydroxyl groups is 1. The molecule has 0 saturated heterocycles. The molecule has 0 spiro atoms. The molecule has 0 fully saturated rings. The number of primary amides is 1. The van der Waals surface area contributed by atoms with E-state index in [1.807, 2.05) is 63.4 Å². The molecule has 0 atom stereocenters. The Morgan fingerprint density at radius 1 is 0.857 bits per heavy atom. The van der Waals surface area contributed by atoms with Gasteiger partial charge in [-0.2, -0.15) is 0 Å². The van der Waals surface area contributed by atoms with E-state index in [1.54, 1.807) is 12.1 Å². The maximum absolute atomic E-state index is 13.6. The molecular formula is C28H25I2NO4. The van der Waals surface area contributed by atoms with Gasteiger partial charge in [-0.1, -0.05) is 42.5 Å². The lowest BCUT2D eigenvalue weighted by Crippen LogP contribution is -2.11. The molecule has 1 heterocycles. The standard InChI is InChI=1S/C28H25I2NO4/c29-21-15-19(16-22(30)28(21)34)27(33)26-20-13-12-18(9-4-8-17-6-2-1-3-7-17)14-24(20)35-23(26)10-5-11-25(31)32/h1-3,6-7,12-16,34H,4-5,8-11H2,(H2,31,32). The van der Waals surface area contributed by atoms with E-state index in [-0.39, 0.29) is 23.9 Å². The second-order valence-corrected chi connectivity index (χ2v) is 10.8. The van der Waals surface area contributed by atoms with Crippen molar-refractivity contribution in [2.45, 2.75) is 38.5 Å². The van der Waals surface area contributed by atoms with Crippen LogP contribution >= 0.6 is 45.2 Å². The Bertz CT molecular complexity index is 1360. The average Bonchev–Trinajstić information content (AvgIpc) is 3.19. The summed E-state index contributed by atoms with van der Waals surface area (Å²) in [4.78, 5) is 24.9. The number of phenolic OH excluding ortho intramolecular Hbond substituents is 1. The van der Waals surface area contributed by atoms with Gasteiger partial charge in [0, 0.05) is 23.8 Å². The van der Waals surface area contributed by atoms with Gasteiger partial charge in [0.05, 0.1) is 12.7 Å². The van der Waals surface area contributed by atoms with Crippen molar-refractivity contribution in [3.8, 4) is 5.75 Å². The van der Waals surface area contributed by atoms with Gasteiger partial charge in [-0.25, -0.2) is 0 Å². The normalized spacial score (nSPS) is 11.1. The number of amides is 1. The minimum atomic E-state index is -0.377. The summed E-state index contributed by atoms with van der Waals surface area (Å²) in [6.45, 7) is 0. The van der Waals surface area contributed by atoms with Crippen molar-refractivity contribution in [3.63, 3.8) is 0 Å². The van der Waals surface area contributed by atoms with Gasteiger partial charge in [0.15, 0.2) is 5.78 Å². The van der Waals surface area contributed by atoms with Crippen LogP contribution < -0.4 is 5.73 Å². The first-order valence-corrected chi connectivity index (χ1v) is 13.6. The molecule has 0 aliphatic heterocycles. The Kier molecular flexibility index (Phi) is 8.48. The molecule has 7 heteroatoms. The Hall–Kier alpha value is -2.40. The summed E-state index contributed by atoms with van der Waals surface area (Å²) >= 11 is 4.05. The maximum atomic E-state index is 13.6. The molecule has 0 aliphatic carbocycles. The van der Waals surface area contributed by atoms with E-state index in [4.69, 9.17) is 10.2 Å². The highest BCUT2D eigenvalue weighted by Crippen LogP contribution is 2.33. The van der Waals surface area contributed by atoms with Crippen molar-refractivity contribution in [1.82, 2.24) is 0 Å². The quantitative estimate of drug-likeness (QED) is 0.145. The van der Waals surface area contributed by atoms with Crippen molar-refractivity contribution < 1.29 is 19.1 Å². The van der Waals surface area contributed by atoms with Crippen LogP contribution in [0.4, 0.5) is 0 Å². The molecule has 180 valence electrons. The summed E-state index contributed by atoms with van der Waals surface area (Å²) < 4.78 is 7.41. The molecule has 0 aliphatic rings. The highest BCUT2D eigenvalue weighted by Gasteiger charge is 2.23. The average molecular weight is 693 g/mol. The summed E-state index contributed by atoms with van der Waals surface area (Å²) in [6.07, 6.45) is 4.08. The lowest BCUT2D eigenvalue weighted by molar-refractivity contribution is -0.118. The third-order valence-electron chi connectivity index (χ3n) is 5.93. The molecule has 3 N–H and O–H groups in total. The second kappa shape index (κ2) is 11.6. The topological polar surface area (TPSA) is 93.5 Å². The number of nitrogens with two attached hydrogens (primary N) is 1. The van der Waals surface area contributed by atoms with Crippen LogP contribution in [0.5, 0.6) is 5.75 Å². The fourth-order valence-corrected chi connectivity index (χ4v) is 5.95. The fraction of sp³-hybridized carbons (Fsp3) is 0.214. The van der Waals surface area contributed by atoms with E-state index in [1.165, 1.54) is 5.56 Å². The molecule has 4 rings (SSSR count). The third-order valence-corrected chi connectivity index (χ3v) is 7.58. The Balaban J connectivity index is 1.64. The number of hydrogen-bond acceptors (Lipinski definition) is 4. The van der Waals surface area contributed by atoms with Crippen LogP contribution in [-0.2, 0) is 24.1 Å². The van der Waals surface area contributed by atoms with E-state index in [0.717, 1.165) is 30.2 Å². The Morgan fingerprint density at radius 3 is 2.23 bits per heavy atom. The summed E-state index contributed by atoms with van der Waals surface area (Å²) in [5.74, 6) is 0.190. The van der Waals surface area contributed by atoms with Gasteiger partial charge < -0.3 is 15.3 Å². The van der Waals surface area contributed by atoms with Gasteiger partial charge in [0.25, 0.3) is 0 Å². The van der Waals surface area contributed by atoms with Crippen molar-refractivity contribution in [3.05, 3.63) is 95.8 Å². The van der Waals surface area contributed by atoms with Gasteiger partial charge >= 0.3 is 0 Å². The van der Waals surface area contributed by atoms with E-state index < -0.39 is 0 Å². The number of halogens is 2. The predicted octanol–water partition coefficient (Wildman–Crippen LogP) is 6.56. The lowest BCUT2D eigenvalue weighted by Gasteiger charge is -2.07. The smallest absolute Gasteiger partial charge is 0.217 e. The number of furan rings is 1. The van der Waals surface area contributed by atoms with Crippen molar-refractivity contribution in [1.29, 1.82) is 0 Å². The van der Waals surface area contributed by atoms with Crippen LogP contribution in [0, 0.1) is 7.14 Å². The van der Waals surface area contributed by atoms with Crippen LogP contribution in [0.15, 0.2) is 65.1 Å². The molecular weight excluding hydrogens is 668 g/mol. The minimum Gasteiger partial charge on any atom is -0.506 e. The molecule has 0 unspecified atom stereocenters. The fourth-order valence-electron chi connectivity index (χ4n) is 4.18.